The molecule has 1 saturated heterocycles. The molecule has 2 aromatic rings. The van der Waals surface area contributed by atoms with E-state index in [9.17, 15) is 4.79 Å². The molecule has 5 heteroatoms. The van der Waals surface area contributed by atoms with Crippen LogP contribution in [0.25, 0.3) is 10.9 Å². The number of fused-ring (bicyclic) bond motifs is 1. The molecule has 1 aliphatic heterocycles. The predicted molar refractivity (Wildman–Crippen MR) is 81.6 cm³/mol. The summed E-state index contributed by atoms with van der Waals surface area (Å²) in [7, 11) is 3.47. The van der Waals surface area contributed by atoms with Gasteiger partial charge in [0, 0.05) is 25.7 Å². The third-order valence-corrected chi connectivity index (χ3v) is 4.11. The first kappa shape index (κ1) is 13.9. The molecule has 1 fully saturated rings. The van der Waals surface area contributed by atoms with Gasteiger partial charge in [0.15, 0.2) is 0 Å². The third kappa shape index (κ3) is 2.60. The molecule has 0 aliphatic carbocycles. The van der Waals surface area contributed by atoms with Gasteiger partial charge in [0.1, 0.15) is 0 Å². The highest BCUT2D eigenvalue weighted by Gasteiger charge is 2.19. The van der Waals surface area contributed by atoms with Crippen LogP contribution in [0.4, 0.5) is 0 Å². The molecule has 1 amide bonds. The first-order valence-electron chi connectivity index (χ1n) is 7.51. The van der Waals surface area contributed by atoms with Crippen LogP contribution in [-0.2, 0) is 7.05 Å². The van der Waals surface area contributed by atoms with E-state index in [1.54, 1.807) is 11.8 Å². The quantitative estimate of drug-likeness (QED) is 0.853. The molecule has 0 atom stereocenters. The van der Waals surface area contributed by atoms with Gasteiger partial charge in [-0.25, -0.2) is 4.68 Å². The van der Waals surface area contributed by atoms with Gasteiger partial charge in [0.25, 0.3) is 5.91 Å². The van der Waals surface area contributed by atoms with E-state index in [1.165, 1.54) is 12.8 Å². The minimum absolute atomic E-state index is 0.114. The summed E-state index contributed by atoms with van der Waals surface area (Å²) in [5.41, 5.74) is 1.51. The van der Waals surface area contributed by atoms with Crippen LogP contribution in [0.5, 0.6) is 5.88 Å². The summed E-state index contributed by atoms with van der Waals surface area (Å²) < 4.78 is 7.04. The zero-order valence-electron chi connectivity index (χ0n) is 12.6. The van der Waals surface area contributed by atoms with Crippen molar-refractivity contribution in [1.82, 2.24) is 14.7 Å². The van der Waals surface area contributed by atoms with Crippen molar-refractivity contribution in [2.24, 2.45) is 7.05 Å². The van der Waals surface area contributed by atoms with Crippen LogP contribution in [0.2, 0.25) is 0 Å². The molecule has 0 saturated carbocycles. The SMILES string of the molecule is COc1c2ccc(C(=O)N3CCCCCC3)cc2nn1C. The molecule has 1 aromatic carbocycles. The Bertz CT molecular complexity index is 655. The Balaban J connectivity index is 1.91. The predicted octanol–water partition coefficient (Wildman–Crippen LogP) is 2.60. The standard InChI is InChI=1S/C16H21N3O2/c1-18-16(21-2)13-8-7-12(11-14(13)17-18)15(20)19-9-5-3-4-6-10-19/h7-8,11H,3-6,9-10H2,1-2H3. The first-order chi connectivity index (χ1) is 10.2. The van der Waals surface area contributed by atoms with E-state index in [0.717, 1.165) is 42.7 Å². The number of carbonyl (C=O) groups is 1. The van der Waals surface area contributed by atoms with Crippen molar-refractivity contribution in [1.29, 1.82) is 0 Å². The molecule has 0 spiro atoms. The molecule has 21 heavy (non-hydrogen) atoms. The lowest BCUT2D eigenvalue weighted by Gasteiger charge is -2.20. The molecule has 0 unspecified atom stereocenters. The van der Waals surface area contributed by atoms with Gasteiger partial charge in [-0.1, -0.05) is 12.8 Å². The number of benzene rings is 1. The van der Waals surface area contributed by atoms with E-state index in [2.05, 4.69) is 5.10 Å². The van der Waals surface area contributed by atoms with E-state index in [1.807, 2.05) is 30.1 Å². The van der Waals surface area contributed by atoms with Gasteiger partial charge in [-0.2, -0.15) is 5.10 Å². The highest BCUT2D eigenvalue weighted by Crippen LogP contribution is 2.26. The van der Waals surface area contributed by atoms with E-state index < -0.39 is 0 Å². The summed E-state index contributed by atoms with van der Waals surface area (Å²) >= 11 is 0. The van der Waals surface area contributed by atoms with Crippen molar-refractivity contribution in [3.05, 3.63) is 23.8 Å². The summed E-state index contributed by atoms with van der Waals surface area (Å²) in [6, 6.07) is 5.66. The van der Waals surface area contributed by atoms with Crippen molar-refractivity contribution in [2.45, 2.75) is 25.7 Å². The lowest BCUT2D eigenvalue weighted by Crippen LogP contribution is -2.31. The van der Waals surface area contributed by atoms with Gasteiger partial charge < -0.3 is 9.64 Å². The number of amides is 1. The number of methoxy groups -OCH3 is 1. The van der Waals surface area contributed by atoms with Gasteiger partial charge in [-0.3, -0.25) is 4.79 Å². The summed E-state index contributed by atoms with van der Waals surface area (Å²) in [6.07, 6.45) is 4.65. The fourth-order valence-electron chi connectivity index (χ4n) is 3.01. The fraction of sp³-hybridized carbons (Fsp3) is 0.500. The Morgan fingerprint density at radius 3 is 2.57 bits per heavy atom. The molecule has 1 aromatic heterocycles. The van der Waals surface area contributed by atoms with Gasteiger partial charge in [-0.05, 0) is 31.0 Å². The van der Waals surface area contributed by atoms with Gasteiger partial charge in [0.05, 0.1) is 18.0 Å². The molecular weight excluding hydrogens is 266 g/mol. The average Bonchev–Trinajstić information content (AvgIpc) is 2.68. The van der Waals surface area contributed by atoms with Gasteiger partial charge in [0.2, 0.25) is 5.88 Å². The fourth-order valence-corrected chi connectivity index (χ4v) is 3.01. The Kier molecular flexibility index (Phi) is 3.82. The largest absolute Gasteiger partial charge is 0.481 e. The van der Waals surface area contributed by atoms with Crippen molar-refractivity contribution >= 4 is 16.8 Å². The van der Waals surface area contributed by atoms with Crippen LogP contribution in [-0.4, -0.2) is 40.8 Å². The van der Waals surface area contributed by atoms with Crippen molar-refractivity contribution in [3.8, 4) is 5.88 Å². The maximum atomic E-state index is 12.6. The number of likely N-dealkylation sites (tertiary alicyclic amines) is 1. The Morgan fingerprint density at radius 2 is 1.90 bits per heavy atom. The highest BCUT2D eigenvalue weighted by atomic mass is 16.5. The number of aryl methyl sites for hydroxylation is 1. The zero-order chi connectivity index (χ0) is 14.8. The molecule has 112 valence electrons. The zero-order valence-corrected chi connectivity index (χ0v) is 12.6. The molecule has 3 rings (SSSR count). The third-order valence-electron chi connectivity index (χ3n) is 4.11. The molecule has 0 bridgehead atoms. The van der Waals surface area contributed by atoms with E-state index >= 15 is 0 Å². The van der Waals surface area contributed by atoms with E-state index in [0.29, 0.717) is 5.56 Å². The molecule has 0 N–H and O–H groups in total. The monoisotopic (exact) mass is 287 g/mol. The Labute approximate surface area is 124 Å². The normalized spacial score (nSPS) is 16.0. The molecule has 1 aliphatic rings. The molecule has 2 heterocycles. The minimum atomic E-state index is 0.114. The second-order valence-electron chi connectivity index (χ2n) is 5.57. The second-order valence-corrected chi connectivity index (χ2v) is 5.57. The number of hydrogen-bond donors (Lipinski definition) is 0. The van der Waals surface area contributed by atoms with Crippen molar-refractivity contribution in [3.63, 3.8) is 0 Å². The summed E-state index contributed by atoms with van der Waals surface area (Å²) in [4.78, 5) is 14.6. The van der Waals surface area contributed by atoms with Crippen LogP contribution in [0.15, 0.2) is 18.2 Å². The van der Waals surface area contributed by atoms with E-state index in [4.69, 9.17) is 4.74 Å². The van der Waals surface area contributed by atoms with Crippen LogP contribution >= 0.6 is 0 Å². The molecule has 0 radical (unpaired) electrons. The molecule has 5 nitrogen and oxygen atoms in total. The maximum Gasteiger partial charge on any atom is 0.253 e. The van der Waals surface area contributed by atoms with Gasteiger partial charge >= 0.3 is 0 Å². The van der Waals surface area contributed by atoms with Gasteiger partial charge in [-0.15, -0.1) is 0 Å². The Morgan fingerprint density at radius 1 is 1.19 bits per heavy atom. The number of rotatable bonds is 2. The second kappa shape index (κ2) is 5.76. The minimum Gasteiger partial charge on any atom is -0.481 e. The lowest BCUT2D eigenvalue weighted by molar-refractivity contribution is 0.0762. The summed E-state index contributed by atoms with van der Waals surface area (Å²) in [6.45, 7) is 1.73. The van der Waals surface area contributed by atoms with Crippen LogP contribution < -0.4 is 4.74 Å². The van der Waals surface area contributed by atoms with Crippen LogP contribution in [0.3, 0.4) is 0 Å². The van der Waals surface area contributed by atoms with E-state index in [-0.39, 0.29) is 5.91 Å². The topological polar surface area (TPSA) is 47.4 Å². The maximum absolute atomic E-state index is 12.6. The number of hydrogen-bond acceptors (Lipinski definition) is 3. The highest BCUT2D eigenvalue weighted by molar-refractivity contribution is 5.98. The average molecular weight is 287 g/mol. The number of carbonyl (C=O) groups excluding carboxylic acids is 1. The summed E-state index contributed by atoms with van der Waals surface area (Å²) in [5, 5.41) is 5.35. The van der Waals surface area contributed by atoms with Crippen LogP contribution in [0.1, 0.15) is 36.0 Å². The first-order valence-corrected chi connectivity index (χ1v) is 7.51. The smallest absolute Gasteiger partial charge is 0.253 e. The number of aromatic nitrogens is 2. The van der Waals surface area contributed by atoms with Crippen molar-refractivity contribution in [2.75, 3.05) is 20.2 Å². The number of ether oxygens (including phenoxy) is 1. The number of nitrogens with zero attached hydrogens (tertiary/aromatic N) is 3. The molecular formula is C16H21N3O2. The van der Waals surface area contributed by atoms with Crippen LogP contribution in [0, 0.1) is 0 Å². The van der Waals surface area contributed by atoms with Crippen molar-refractivity contribution < 1.29 is 9.53 Å². The Hall–Kier alpha value is -2.04. The lowest BCUT2D eigenvalue weighted by atomic mass is 10.1. The summed E-state index contributed by atoms with van der Waals surface area (Å²) in [5.74, 6) is 0.835.